The van der Waals surface area contributed by atoms with Gasteiger partial charge < -0.3 is 10.4 Å². The number of hydrogen-bond acceptors (Lipinski definition) is 2. The molecule has 1 aliphatic carbocycles. The zero-order chi connectivity index (χ0) is 9.73. The molecule has 0 heterocycles. The Kier molecular flexibility index (Phi) is 3.72. The summed E-state index contributed by atoms with van der Waals surface area (Å²) in [5.41, 5.74) is -0.637. The van der Waals surface area contributed by atoms with E-state index in [0.29, 0.717) is 6.54 Å². The van der Waals surface area contributed by atoms with Crippen molar-refractivity contribution < 1.29 is 9.90 Å². The van der Waals surface area contributed by atoms with Crippen LogP contribution >= 0.6 is 0 Å². The highest BCUT2D eigenvalue weighted by Gasteiger charge is 2.27. The quantitative estimate of drug-likeness (QED) is 0.635. The lowest BCUT2D eigenvalue weighted by Crippen LogP contribution is -2.41. The predicted octanol–water partition coefficient (Wildman–Crippen LogP) is 1.21. The first-order chi connectivity index (χ1) is 6.12. The summed E-state index contributed by atoms with van der Waals surface area (Å²) in [5, 5.41) is 12.8. The van der Waals surface area contributed by atoms with E-state index in [1.165, 1.54) is 19.8 Å². The SMILES string of the molecule is CC(=O)NCC1(O)CCCCCC1. The molecule has 1 fully saturated rings. The maximum Gasteiger partial charge on any atom is 0.216 e. The topological polar surface area (TPSA) is 49.3 Å². The van der Waals surface area contributed by atoms with Crippen LogP contribution in [0.25, 0.3) is 0 Å². The highest BCUT2D eigenvalue weighted by Crippen LogP contribution is 2.26. The molecule has 76 valence electrons. The van der Waals surface area contributed by atoms with Gasteiger partial charge in [0.2, 0.25) is 5.91 Å². The summed E-state index contributed by atoms with van der Waals surface area (Å²) in [7, 11) is 0. The molecule has 0 radical (unpaired) electrons. The molecule has 2 N–H and O–H groups in total. The Hall–Kier alpha value is -0.570. The van der Waals surface area contributed by atoms with Gasteiger partial charge in [-0.05, 0) is 12.8 Å². The molecule has 0 aliphatic heterocycles. The molecule has 0 bridgehead atoms. The molecule has 0 saturated heterocycles. The van der Waals surface area contributed by atoms with Crippen molar-refractivity contribution in [2.75, 3.05) is 6.54 Å². The van der Waals surface area contributed by atoms with Crippen LogP contribution in [0.3, 0.4) is 0 Å². The lowest BCUT2D eigenvalue weighted by molar-refractivity contribution is -0.120. The maximum atomic E-state index is 10.7. The Morgan fingerprint density at radius 2 is 1.85 bits per heavy atom. The lowest BCUT2D eigenvalue weighted by Gasteiger charge is -2.26. The molecular weight excluding hydrogens is 166 g/mol. The molecular formula is C10H19NO2. The largest absolute Gasteiger partial charge is 0.388 e. The Morgan fingerprint density at radius 3 is 2.31 bits per heavy atom. The minimum atomic E-state index is -0.637. The second kappa shape index (κ2) is 4.61. The average Bonchev–Trinajstić information content (AvgIpc) is 2.28. The van der Waals surface area contributed by atoms with Crippen LogP contribution in [0.15, 0.2) is 0 Å². The van der Waals surface area contributed by atoms with Crippen molar-refractivity contribution >= 4 is 5.91 Å². The van der Waals surface area contributed by atoms with Gasteiger partial charge in [0.15, 0.2) is 0 Å². The fourth-order valence-electron chi connectivity index (χ4n) is 1.85. The lowest BCUT2D eigenvalue weighted by atomic mass is 9.94. The van der Waals surface area contributed by atoms with E-state index in [1.54, 1.807) is 0 Å². The predicted molar refractivity (Wildman–Crippen MR) is 51.3 cm³/mol. The van der Waals surface area contributed by atoms with Crippen molar-refractivity contribution in [1.29, 1.82) is 0 Å². The molecule has 0 unspecified atom stereocenters. The minimum absolute atomic E-state index is 0.0577. The van der Waals surface area contributed by atoms with Crippen LogP contribution in [0.1, 0.15) is 45.4 Å². The van der Waals surface area contributed by atoms with E-state index >= 15 is 0 Å². The smallest absolute Gasteiger partial charge is 0.216 e. The van der Waals surface area contributed by atoms with Gasteiger partial charge in [0, 0.05) is 13.5 Å². The van der Waals surface area contributed by atoms with Crippen LogP contribution < -0.4 is 5.32 Å². The van der Waals surface area contributed by atoms with E-state index in [2.05, 4.69) is 5.32 Å². The summed E-state index contributed by atoms with van der Waals surface area (Å²) in [4.78, 5) is 10.7. The Morgan fingerprint density at radius 1 is 1.31 bits per heavy atom. The second-order valence-electron chi connectivity index (χ2n) is 4.05. The molecule has 0 aromatic carbocycles. The first kappa shape index (κ1) is 10.5. The van der Waals surface area contributed by atoms with Crippen molar-refractivity contribution in [1.82, 2.24) is 5.32 Å². The summed E-state index contributed by atoms with van der Waals surface area (Å²) in [6, 6.07) is 0. The van der Waals surface area contributed by atoms with Crippen molar-refractivity contribution in [3.63, 3.8) is 0 Å². The molecule has 1 saturated carbocycles. The van der Waals surface area contributed by atoms with Crippen LogP contribution in [0.2, 0.25) is 0 Å². The minimum Gasteiger partial charge on any atom is -0.388 e. The van der Waals surface area contributed by atoms with E-state index < -0.39 is 5.60 Å². The number of rotatable bonds is 2. The number of aliphatic hydroxyl groups is 1. The van der Waals surface area contributed by atoms with Gasteiger partial charge in [-0.2, -0.15) is 0 Å². The summed E-state index contributed by atoms with van der Waals surface area (Å²) in [6.45, 7) is 1.91. The van der Waals surface area contributed by atoms with Gasteiger partial charge in [0.1, 0.15) is 0 Å². The molecule has 3 nitrogen and oxygen atoms in total. The summed E-state index contributed by atoms with van der Waals surface area (Å²) in [5.74, 6) is -0.0577. The van der Waals surface area contributed by atoms with E-state index in [9.17, 15) is 9.90 Å². The number of nitrogens with one attached hydrogen (secondary N) is 1. The van der Waals surface area contributed by atoms with Crippen molar-refractivity contribution in [3.8, 4) is 0 Å². The normalized spacial score (nSPS) is 22.0. The summed E-state index contributed by atoms with van der Waals surface area (Å²) < 4.78 is 0. The van der Waals surface area contributed by atoms with E-state index in [4.69, 9.17) is 0 Å². The molecule has 0 aromatic rings. The third kappa shape index (κ3) is 3.77. The Labute approximate surface area is 79.5 Å². The molecule has 0 aromatic heterocycles. The van der Waals surface area contributed by atoms with E-state index in [0.717, 1.165) is 25.7 Å². The highest BCUT2D eigenvalue weighted by molar-refractivity contribution is 5.72. The fraction of sp³-hybridized carbons (Fsp3) is 0.900. The summed E-state index contributed by atoms with van der Waals surface area (Å²) in [6.07, 6.45) is 6.23. The van der Waals surface area contributed by atoms with Gasteiger partial charge in [0.25, 0.3) is 0 Å². The van der Waals surface area contributed by atoms with Crippen LogP contribution in [0, 0.1) is 0 Å². The standard InChI is InChI=1S/C10H19NO2/c1-9(12)11-8-10(13)6-4-2-3-5-7-10/h13H,2-8H2,1H3,(H,11,12). The Balaban J connectivity index is 2.37. The molecule has 0 atom stereocenters. The highest BCUT2D eigenvalue weighted by atomic mass is 16.3. The molecule has 13 heavy (non-hydrogen) atoms. The zero-order valence-corrected chi connectivity index (χ0v) is 8.31. The van der Waals surface area contributed by atoms with Gasteiger partial charge in [-0.1, -0.05) is 25.7 Å². The van der Waals surface area contributed by atoms with Crippen LogP contribution in [-0.4, -0.2) is 23.2 Å². The third-order valence-electron chi connectivity index (χ3n) is 2.70. The Bertz CT molecular complexity index is 172. The van der Waals surface area contributed by atoms with Crippen LogP contribution in [-0.2, 0) is 4.79 Å². The van der Waals surface area contributed by atoms with Crippen molar-refractivity contribution in [2.45, 2.75) is 51.0 Å². The number of amides is 1. The molecule has 0 spiro atoms. The number of carbonyl (C=O) groups excluding carboxylic acids is 1. The van der Waals surface area contributed by atoms with Gasteiger partial charge >= 0.3 is 0 Å². The summed E-state index contributed by atoms with van der Waals surface area (Å²) >= 11 is 0. The van der Waals surface area contributed by atoms with Gasteiger partial charge in [0.05, 0.1) is 5.60 Å². The zero-order valence-electron chi connectivity index (χ0n) is 8.31. The fourth-order valence-corrected chi connectivity index (χ4v) is 1.85. The van der Waals surface area contributed by atoms with E-state index in [-0.39, 0.29) is 5.91 Å². The molecule has 1 rings (SSSR count). The van der Waals surface area contributed by atoms with Gasteiger partial charge in [-0.3, -0.25) is 4.79 Å². The second-order valence-corrected chi connectivity index (χ2v) is 4.05. The van der Waals surface area contributed by atoms with Crippen molar-refractivity contribution in [3.05, 3.63) is 0 Å². The third-order valence-corrected chi connectivity index (χ3v) is 2.70. The number of hydrogen-bond donors (Lipinski definition) is 2. The average molecular weight is 185 g/mol. The molecule has 3 heteroatoms. The van der Waals surface area contributed by atoms with Crippen molar-refractivity contribution in [2.24, 2.45) is 0 Å². The number of carbonyl (C=O) groups is 1. The van der Waals surface area contributed by atoms with E-state index in [1.807, 2.05) is 0 Å². The molecule has 1 amide bonds. The molecule has 1 aliphatic rings. The first-order valence-electron chi connectivity index (χ1n) is 5.09. The van der Waals surface area contributed by atoms with Crippen LogP contribution in [0.5, 0.6) is 0 Å². The first-order valence-corrected chi connectivity index (χ1v) is 5.09. The van der Waals surface area contributed by atoms with Gasteiger partial charge in [-0.15, -0.1) is 0 Å². The monoisotopic (exact) mass is 185 g/mol. The van der Waals surface area contributed by atoms with Crippen LogP contribution in [0.4, 0.5) is 0 Å². The maximum absolute atomic E-state index is 10.7. The van der Waals surface area contributed by atoms with Gasteiger partial charge in [-0.25, -0.2) is 0 Å².